The van der Waals surface area contributed by atoms with Crippen LogP contribution in [-0.2, 0) is 9.53 Å². The molecule has 2 amide bonds. The van der Waals surface area contributed by atoms with Crippen molar-refractivity contribution in [1.82, 2.24) is 0 Å². The van der Waals surface area contributed by atoms with Gasteiger partial charge < -0.3 is 30.4 Å². The Morgan fingerprint density at radius 1 is 0.955 bits per heavy atom. The molecule has 0 bridgehead atoms. The summed E-state index contributed by atoms with van der Waals surface area (Å²) in [5.74, 6) is 0.405. The molecular formula is C34H35N3O6S. The third-order valence-corrected chi connectivity index (χ3v) is 7.32. The smallest absolute Gasteiger partial charge is 0.412 e. The van der Waals surface area contributed by atoms with E-state index in [0.717, 1.165) is 4.90 Å². The Bertz CT molecular complexity index is 1560. The predicted molar refractivity (Wildman–Crippen MR) is 174 cm³/mol. The van der Waals surface area contributed by atoms with Gasteiger partial charge in [0.25, 0.3) is 0 Å². The summed E-state index contributed by atoms with van der Waals surface area (Å²) in [5.41, 5.74) is 7.98. The highest BCUT2D eigenvalue weighted by Gasteiger charge is 2.30. The molecule has 0 saturated heterocycles. The zero-order chi connectivity index (χ0) is 31.3. The number of nitrogens with one attached hydrogen (secondary N) is 2. The number of carbonyl (C=O) groups excluding carboxylic acids is 2. The average Bonchev–Trinajstić information content (AvgIpc) is 3.03. The summed E-state index contributed by atoms with van der Waals surface area (Å²) in [4.78, 5) is 26.7. The van der Waals surface area contributed by atoms with E-state index in [2.05, 4.69) is 10.6 Å². The Morgan fingerprint density at radius 2 is 1.68 bits per heavy atom. The number of aromatic hydroxyl groups is 1. The van der Waals surface area contributed by atoms with Gasteiger partial charge in [0.15, 0.2) is 17.6 Å². The average molecular weight is 614 g/mol. The van der Waals surface area contributed by atoms with Gasteiger partial charge in [-0.2, -0.15) is 0 Å². The van der Waals surface area contributed by atoms with E-state index in [1.165, 1.54) is 19.3 Å². The first kappa shape index (κ1) is 31.8. The molecule has 0 aliphatic heterocycles. The van der Waals surface area contributed by atoms with Gasteiger partial charge in [0.2, 0.25) is 5.91 Å². The van der Waals surface area contributed by atoms with E-state index < -0.39 is 18.3 Å². The van der Waals surface area contributed by atoms with Gasteiger partial charge in [-0.05, 0) is 85.8 Å². The van der Waals surface area contributed by atoms with Crippen LogP contribution in [0.5, 0.6) is 17.2 Å². The van der Waals surface area contributed by atoms with Crippen LogP contribution in [-0.4, -0.2) is 36.6 Å². The van der Waals surface area contributed by atoms with Gasteiger partial charge >= 0.3 is 6.09 Å². The third kappa shape index (κ3) is 9.20. The van der Waals surface area contributed by atoms with Crippen LogP contribution in [0.2, 0.25) is 0 Å². The van der Waals surface area contributed by atoms with E-state index in [0.29, 0.717) is 41.2 Å². The minimum Gasteiger partial charge on any atom is -0.504 e. The van der Waals surface area contributed by atoms with Crippen molar-refractivity contribution in [2.75, 3.05) is 29.7 Å². The van der Waals surface area contributed by atoms with E-state index in [9.17, 15) is 14.7 Å². The quantitative estimate of drug-likeness (QED) is 0.0696. The first-order valence-corrected chi connectivity index (χ1v) is 15.1. The summed E-state index contributed by atoms with van der Waals surface area (Å²) in [6.45, 7) is 0. The maximum absolute atomic E-state index is 13.2. The number of phenolic OH excluding ortho intramolecular Hbond substituents is 1. The van der Waals surface area contributed by atoms with Crippen LogP contribution in [0.1, 0.15) is 24.5 Å². The molecule has 10 heteroatoms. The number of amides is 2. The molecule has 0 aromatic heterocycles. The second-order valence-corrected chi connectivity index (χ2v) is 10.5. The summed E-state index contributed by atoms with van der Waals surface area (Å²) in [7, 11) is 1.45. The van der Waals surface area contributed by atoms with Gasteiger partial charge in [0.05, 0.1) is 18.5 Å². The minimum absolute atomic E-state index is 0.109. The lowest BCUT2D eigenvalue weighted by atomic mass is 9.99. The lowest BCUT2D eigenvalue weighted by molar-refractivity contribution is -0.111. The molecule has 44 heavy (non-hydrogen) atoms. The number of carbonyl (C=O) groups is 2. The molecule has 4 aromatic carbocycles. The number of rotatable bonds is 13. The number of hydrogen-bond acceptors (Lipinski definition) is 8. The number of nitrogen functional groups attached to an aromatic ring is 1. The van der Waals surface area contributed by atoms with E-state index >= 15 is 0 Å². The van der Waals surface area contributed by atoms with E-state index in [1.807, 2.05) is 36.6 Å². The molecule has 0 unspecified atom stereocenters. The van der Waals surface area contributed by atoms with E-state index in [1.54, 1.807) is 78.5 Å². The topological polar surface area (TPSA) is 132 Å². The molecule has 4 aromatic rings. The predicted octanol–water partition coefficient (Wildman–Crippen LogP) is 7.42. The van der Waals surface area contributed by atoms with Crippen LogP contribution in [0.4, 0.5) is 21.9 Å². The fourth-order valence-corrected chi connectivity index (χ4v) is 4.77. The molecule has 9 nitrogen and oxygen atoms in total. The third-order valence-electron chi connectivity index (χ3n) is 6.58. The van der Waals surface area contributed by atoms with Crippen molar-refractivity contribution < 1.29 is 28.9 Å². The van der Waals surface area contributed by atoms with E-state index in [4.69, 9.17) is 19.9 Å². The number of nitrogens with two attached hydrogens (primary N) is 1. The van der Waals surface area contributed by atoms with Gasteiger partial charge in [-0.1, -0.05) is 42.5 Å². The summed E-state index contributed by atoms with van der Waals surface area (Å²) < 4.78 is 17.5. The standard InChI is InChI=1S/C34H35N3O6S/c1-41-30-21-16-23(22-29(30)38)33(43-34(40)36-24-17-19-26(44-2)20-18-24)31(42-25-10-4-3-5-11-25)14-8-9-15-32(39)37-28-13-7-6-12-27(28)35/h3-7,9-13,15-22,31,33,38H,8,14,35H2,1-2H3,(H,36,40)(H,37,39)/b15-9+/t31-,33-/m0/s1. The van der Waals surface area contributed by atoms with Gasteiger partial charge in [-0.3, -0.25) is 10.1 Å². The van der Waals surface area contributed by atoms with Gasteiger partial charge in [-0.25, -0.2) is 4.79 Å². The Morgan fingerprint density at radius 3 is 2.36 bits per heavy atom. The number of ether oxygens (including phenoxy) is 3. The Labute approximate surface area is 261 Å². The number of phenols is 1. The van der Waals surface area contributed by atoms with Gasteiger partial charge in [0.1, 0.15) is 11.9 Å². The monoisotopic (exact) mass is 613 g/mol. The van der Waals surface area contributed by atoms with Crippen molar-refractivity contribution in [1.29, 1.82) is 0 Å². The molecule has 0 aliphatic carbocycles. The molecule has 5 N–H and O–H groups in total. The maximum Gasteiger partial charge on any atom is 0.412 e. The van der Waals surface area contributed by atoms with Crippen LogP contribution in [0.25, 0.3) is 0 Å². The summed E-state index contributed by atoms with van der Waals surface area (Å²) in [6.07, 6.45) is 3.54. The second-order valence-electron chi connectivity index (χ2n) is 9.64. The molecule has 0 heterocycles. The molecule has 0 saturated carbocycles. The first-order valence-electron chi connectivity index (χ1n) is 13.9. The summed E-state index contributed by atoms with van der Waals surface area (Å²) >= 11 is 1.59. The SMILES string of the molecule is COc1ccc([C@H](OC(=O)Nc2ccc(SC)cc2)[C@H](CC/C=C/C(=O)Nc2ccccc2N)Oc2ccccc2)cc1O. The van der Waals surface area contributed by atoms with Crippen LogP contribution >= 0.6 is 11.8 Å². The number of allylic oxidation sites excluding steroid dienone is 1. The molecule has 2 atom stereocenters. The molecule has 0 radical (unpaired) electrons. The number of anilines is 3. The number of hydrogen-bond donors (Lipinski definition) is 4. The van der Waals surface area contributed by atoms with Crippen LogP contribution in [0.15, 0.2) is 114 Å². The lowest BCUT2D eigenvalue weighted by Gasteiger charge is -2.28. The zero-order valence-electron chi connectivity index (χ0n) is 24.4. The van der Waals surface area contributed by atoms with Crippen LogP contribution in [0.3, 0.4) is 0 Å². The molecular weight excluding hydrogens is 578 g/mol. The Balaban J connectivity index is 1.56. The molecule has 0 spiro atoms. The van der Waals surface area contributed by atoms with Gasteiger partial charge in [0, 0.05) is 16.1 Å². The zero-order valence-corrected chi connectivity index (χ0v) is 25.3. The number of methoxy groups -OCH3 is 1. The summed E-state index contributed by atoms with van der Waals surface area (Å²) in [5, 5.41) is 16.1. The second kappa shape index (κ2) is 15.9. The maximum atomic E-state index is 13.2. The van der Waals surface area contributed by atoms with Crippen LogP contribution < -0.4 is 25.8 Å². The summed E-state index contributed by atoms with van der Waals surface area (Å²) in [6, 6.07) is 28.3. The largest absolute Gasteiger partial charge is 0.504 e. The van der Waals surface area contributed by atoms with Crippen molar-refractivity contribution in [3.63, 3.8) is 0 Å². The van der Waals surface area contributed by atoms with Crippen molar-refractivity contribution >= 4 is 40.8 Å². The normalized spacial score (nSPS) is 12.2. The highest BCUT2D eigenvalue weighted by molar-refractivity contribution is 7.98. The minimum atomic E-state index is -0.941. The lowest BCUT2D eigenvalue weighted by Crippen LogP contribution is -2.31. The highest BCUT2D eigenvalue weighted by atomic mass is 32.2. The molecule has 228 valence electrons. The van der Waals surface area contributed by atoms with Crippen molar-refractivity contribution in [3.8, 4) is 17.2 Å². The Kier molecular flexibility index (Phi) is 11.5. The number of benzene rings is 4. The fraction of sp³-hybridized carbons (Fsp3) is 0.176. The Hall–Kier alpha value is -5.09. The number of para-hydroxylation sites is 3. The molecule has 0 fully saturated rings. The fourth-order valence-electron chi connectivity index (χ4n) is 4.36. The van der Waals surface area contributed by atoms with Crippen molar-refractivity contribution in [2.45, 2.75) is 29.9 Å². The first-order chi connectivity index (χ1) is 21.4. The van der Waals surface area contributed by atoms with Crippen molar-refractivity contribution in [2.24, 2.45) is 0 Å². The van der Waals surface area contributed by atoms with Crippen molar-refractivity contribution in [3.05, 3.63) is 115 Å². The highest BCUT2D eigenvalue weighted by Crippen LogP contribution is 2.34. The molecule has 0 aliphatic rings. The molecule has 4 rings (SSSR count). The van der Waals surface area contributed by atoms with Gasteiger partial charge in [-0.15, -0.1) is 11.8 Å². The van der Waals surface area contributed by atoms with E-state index in [-0.39, 0.29) is 17.4 Å². The number of thioether (sulfide) groups is 1. The van der Waals surface area contributed by atoms with Crippen LogP contribution in [0, 0.1) is 0 Å².